The lowest BCUT2D eigenvalue weighted by Crippen LogP contribution is -2.58. The molecule has 10 N–H and O–H groups in total. The van der Waals surface area contributed by atoms with Gasteiger partial charge in [-0.25, -0.2) is 4.79 Å². The third kappa shape index (κ3) is 10.6. The summed E-state index contributed by atoms with van der Waals surface area (Å²) in [5.41, 5.74) is 11.1. The summed E-state index contributed by atoms with van der Waals surface area (Å²) in [5, 5.41) is 34.3. The van der Waals surface area contributed by atoms with Crippen LogP contribution in [0.25, 0.3) is 0 Å². The Hall–Kier alpha value is -4.04. The molecule has 0 aliphatic rings. The van der Waals surface area contributed by atoms with Crippen LogP contribution in [-0.4, -0.2) is 81.7 Å². The summed E-state index contributed by atoms with van der Waals surface area (Å²) in [6, 6.07) is 2.58. The van der Waals surface area contributed by atoms with Gasteiger partial charge in [0, 0.05) is 12.8 Å². The van der Waals surface area contributed by atoms with Crippen molar-refractivity contribution in [3.05, 3.63) is 35.9 Å². The van der Waals surface area contributed by atoms with Crippen LogP contribution in [0.2, 0.25) is 0 Å². The Morgan fingerprint density at radius 2 is 1.37 bits per heavy atom. The predicted molar refractivity (Wildman–Crippen MR) is 119 cm³/mol. The third-order valence-electron chi connectivity index (χ3n) is 4.75. The number of hydrogen-bond acceptors (Lipinski definition) is 8. The molecule has 35 heavy (non-hydrogen) atoms. The van der Waals surface area contributed by atoms with E-state index >= 15 is 0 Å². The second-order valence-corrected chi connectivity index (χ2v) is 7.60. The number of hydrogen-bond donors (Lipinski definition) is 8. The van der Waals surface area contributed by atoms with Crippen molar-refractivity contribution in [3.8, 4) is 0 Å². The highest BCUT2D eigenvalue weighted by Crippen LogP contribution is 2.06. The van der Waals surface area contributed by atoms with Crippen molar-refractivity contribution in [1.82, 2.24) is 16.0 Å². The molecule has 0 aromatic heterocycles. The molecule has 0 radical (unpaired) electrons. The Morgan fingerprint density at radius 3 is 1.89 bits per heavy atom. The first kappa shape index (κ1) is 29.0. The zero-order valence-electron chi connectivity index (χ0n) is 18.7. The lowest BCUT2D eigenvalue weighted by molar-refractivity contribution is -0.143. The lowest BCUT2D eigenvalue weighted by Gasteiger charge is -2.24. The highest BCUT2D eigenvalue weighted by atomic mass is 16.4. The Morgan fingerprint density at radius 1 is 0.829 bits per heavy atom. The summed E-state index contributed by atoms with van der Waals surface area (Å²) in [7, 11) is 0. The number of nitrogens with two attached hydrogens (primary N) is 2. The number of carboxylic acid groups (broad SMARTS) is 2. The first-order valence-electron chi connectivity index (χ1n) is 10.5. The molecule has 0 heterocycles. The van der Waals surface area contributed by atoms with Crippen molar-refractivity contribution in [2.75, 3.05) is 6.61 Å². The van der Waals surface area contributed by atoms with Crippen molar-refractivity contribution < 1.29 is 44.1 Å². The van der Waals surface area contributed by atoms with Gasteiger partial charge in [-0.2, -0.15) is 0 Å². The summed E-state index contributed by atoms with van der Waals surface area (Å²) < 4.78 is 0. The number of amides is 4. The van der Waals surface area contributed by atoms with E-state index in [1.165, 1.54) is 0 Å². The molecule has 0 fully saturated rings. The van der Waals surface area contributed by atoms with E-state index in [9.17, 15) is 39.0 Å². The van der Waals surface area contributed by atoms with Crippen LogP contribution < -0.4 is 27.4 Å². The fourth-order valence-corrected chi connectivity index (χ4v) is 2.91. The molecule has 0 saturated heterocycles. The molecule has 14 heteroatoms. The fourth-order valence-electron chi connectivity index (χ4n) is 2.91. The van der Waals surface area contributed by atoms with Crippen molar-refractivity contribution in [2.24, 2.45) is 11.5 Å². The quantitative estimate of drug-likeness (QED) is 0.121. The first-order valence-corrected chi connectivity index (χ1v) is 10.5. The van der Waals surface area contributed by atoms with Crippen molar-refractivity contribution >= 4 is 35.6 Å². The van der Waals surface area contributed by atoms with Crippen LogP contribution in [0.5, 0.6) is 0 Å². The minimum absolute atomic E-state index is 0.0863. The number of nitrogens with one attached hydrogen (secondary N) is 3. The Kier molecular flexibility index (Phi) is 11.8. The molecule has 1 rings (SSSR count). The Balaban J connectivity index is 3.01. The largest absolute Gasteiger partial charge is 0.481 e. The molecule has 0 spiro atoms. The van der Waals surface area contributed by atoms with E-state index in [-0.39, 0.29) is 6.42 Å². The molecule has 0 aliphatic carbocycles. The molecule has 4 unspecified atom stereocenters. The molecular weight excluding hydrogens is 466 g/mol. The highest BCUT2D eigenvalue weighted by Gasteiger charge is 2.30. The molecule has 0 saturated carbocycles. The van der Waals surface area contributed by atoms with Gasteiger partial charge in [-0.3, -0.25) is 24.0 Å². The van der Waals surface area contributed by atoms with E-state index in [0.29, 0.717) is 5.56 Å². The van der Waals surface area contributed by atoms with Crippen molar-refractivity contribution in [1.29, 1.82) is 0 Å². The number of rotatable bonds is 15. The maximum absolute atomic E-state index is 12.8. The minimum atomic E-state index is -1.55. The van der Waals surface area contributed by atoms with Gasteiger partial charge in [-0.15, -0.1) is 0 Å². The number of aliphatic hydroxyl groups excluding tert-OH is 1. The van der Waals surface area contributed by atoms with Crippen LogP contribution in [0.1, 0.15) is 24.8 Å². The topological polar surface area (TPSA) is 251 Å². The van der Waals surface area contributed by atoms with Gasteiger partial charge in [-0.05, 0) is 12.0 Å². The number of carbonyl (C=O) groups excluding carboxylic acids is 4. The third-order valence-corrected chi connectivity index (χ3v) is 4.75. The first-order chi connectivity index (χ1) is 16.4. The summed E-state index contributed by atoms with van der Waals surface area (Å²) in [4.78, 5) is 70.8. The van der Waals surface area contributed by atoms with E-state index in [1.807, 2.05) is 0 Å². The minimum Gasteiger partial charge on any atom is -0.481 e. The van der Waals surface area contributed by atoms with Gasteiger partial charge in [0.1, 0.15) is 18.1 Å². The maximum atomic E-state index is 12.8. The van der Waals surface area contributed by atoms with Crippen LogP contribution in [0.15, 0.2) is 30.3 Å². The highest BCUT2D eigenvalue weighted by molar-refractivity contribution is 5.95. The van der Waals surface area contributed by atoms with Gasteiger partial charge in [0.05, 0.1) is 19.1 Å². The van der Waals surface area contributed by atoms with Crippen LogP contribution in [0.4, 0.5) is 0 Å². The van der Waals surface area contributed by atoms with Gasteiger partial charge in [0.25, 0.3) is 0 Å². The Labute approximate surface area is 200 Å². The second kappa shape index (κ2) is 14.3. The molecule has 0 aliphatic heterocycles. The zero-order valence-corrected chi connectivity index (χ0v) is 18.7. The molecule has 1 aromatic rings. The number of primary amides is 1. The fraction of sp³-hybridized carbons (Fsp3) is 0.429. The molecule has 4 atom stereocenters. The van der Waals surface area contributed by atoms with Crippen LogP contribution in [0, 0.1) is 0 Å². The van der Waals surface area contributed by atoms with Gasteiger partial charge in [0.15, 0.2) is 0 Å². The van der Waals surface area contributed by atoms with E-state index in [4.69, 9.17) is 16.6 Å². The number of aliphatic carboxylic acids is 2. The van der Waals surface area contributed by atoms with E-state index < -0.39 is 85.6 Å². The van der Waals surface area contributed by atoms with Crippen molar-refractivity contribution in [2.45, 2.75) is 49.9 Å². The molecular formula is C21H29N5O9. The number of aliphatic hydroxyl groups is 1. The average molecular weight is 495 g/mol. The smallest absolute Gasteiger partial charge is 0.326 e. The molecule has 4 amide bonds. The van der Waals surface area contributed by atoms with Crippen LogP contribution in [-0.2, 0) is 35.2 Å². The van der Waals surface area contributed by atoms with Gasteiger partial charge in [0.2, 0.25) is 23.6 Å². The molecule has 1 aromatic carbocycles. The lowest BCUT2D eigenvalue weighted by atomic mass is 10.0. The maximum Gasteiger partial charge on any atom is 0.326 e. The standard InChI is InChI=1S/C21H29N5O9/c22-12(9-16(23)28)18(31)26-15(10-27)20(33)25-14(8-11-4-2-1-3-5-11)19(32)24-13(21(34)35)6-7-17(29)30/h1-5,12-15,27H,6-10,22H2,(H2,23,28)(H,24,32)(H,25,33)(H,26,31)(H,29,30)(H,34,35). The van der Waals surface area contributed by atoms with E-state index in [1.54, 1.807) is 30.3 Å². The van der Waals surface area contributed by atoms with E-state index in [0.717, 1.165) is 0 Å². The second-order valence-electron chi connectivity index (χ2n) is 7.60. The zero-order chi connectivity index (χ0) is 26.5. The normalized spacial score (nSPS) is 14.0. The van der Waals surface area contributed by atoms with Gasteiger partial charge in [-0.1, -0.05) is 30.3 Å². The average Bonchev–Trinajstić information content (AvgIpc) is 2.79. The number of carbonyl (C=O) groups is 6. The summed E-state index contributed by atoms with van der Waals surface area (Å²) in [5.74, 6) is -6.42. The Bertz CT molecular complexity index is 925. The summed E-state index contributed by atoms with van der Waals surface area (Å²) in [6.07, 6.45) is -1.50. The molecule has 14 nitrogen and oxygen atoms in total. The summed E-state index contributed by atoms with van der Waals surface area (Å²) in [6.45, 7) is -0.878. The predicted octanol–water partition coefficient (Wildman–Crippen LogP) is -3.17. The van der Waals surface area contributed by atoms with Gasteiger partial charge < -0.3 is 42.7 Å². The monoisotopic (exact) mass is 495 g/mol. The van der Waals surface area contributed by atoms with Gasteiger partial charge >= 0.3 is 11.9 Å². The number of carboxylic acids is 2. The van der Waals surface area contributed by atoms with Crippen LogP contribution >= 0.6 is 0 Å². The summed E-state index contributed by atoms with van der Waals surface area (Å²) >= 11 is 0. The number of benzene rings is 1. The van der Waals surface area contributed by atoms with Crippen LogP contribution in [0.3, 0.4) is 0 Å². The van der Waals surface area contributed by atoms with E-state index in [2.05, 4.69) is 16.0 Å². The SMILES string of the molecule is NC(=O)CC(N)C(=O)NC(CO)C(=O)NC(Cc1ccccc1)C(=O)NC(CCC(=O)O)C(=O)O. The van der Waals surface area contributed by atoms with Crippen molar-refractivity contribution in [3.63, 3.8) is 0 Å². The molecule has 0 bridgehead atoms. The molecule has 192 valence electrons.